The van der Waals surface area contributed by atoms with Gasteiger partial charge in [0.2, 0.25) is 12.6 Å². The topological polar surface area (TPSA) is 315 Å². The van der Waals surface area contributed by atoms with Gasteiger partial charge in [0.1, 0.15) is 113 Å². The summed E-state index contributed by atoms with van der Waals surface area (Å²) in [5.41, 5.74) is 0.609. The third kappa shape index (κ3) is 7.85. The van der Waals surface area contributed by atoms with Crippen LogP contribution >= 0.6 is 0 Å². The number of phenolic OH excluding ortho intramolecular Hbond substituents is 4. The van der Waals surface area contributed by atoms with Gasteiger partial charge in [-0.2, -0.15) is 0 Å². The molecule has 2 fully saturated rings. The maximum Gasteiger partial charge on any atom is 0.229 e. The van der Waals surface area contributed by atoms with Crippen molar-refractivity contribution in [2.24, 2.45) is 0 Å². The zero-order valence-corrected chi connectivity index (χ0v) is 31.9. The smallest absolute Gasteiger partial charge is 0.229 e. The number of aromatic hydroxyl groups is 4. The Kier molecular flexibility index (Phi) is 11.6. The lowest BCUT2D eigenvalue weighted by Crippen LogP contribution is -2.60. The number of carbonyl (C=O) groups excluding carboxylic acids is 1. The van der Waals surface area contributed by atoms with E-state index in [0.717, 1.165) is 6.07 Å². The monoisotopic (exact) mass is 852 g/mol. The molecule has 0 saturated carbocycles. The minimum absolute atomic E-state index is 0.0104. The quantitative estimate of drug-likeness (QED) is 0.107. The molecule has 0 spiro atoms. The van der Waals surface area contributed by atoms with Gasteiger partial charge >= 0.3 is 0 Å². The highest BCUT2D eigenvalue weighted by atomic mass is 16.7. The van der Waals surface area contributed by atoms with Gasteiger partial charge in [-0.1, -0.05) is 24.3 Å². The number of carbonyl (C=O) groups is 1. The molecule has 19 nitrogen and oxygen atoms in total. The molecule has 8 rings (SSSR count). The van der Waals surface area contributed by atoms with Gasteiger partial charge in [0.05, 0.1) is 19.6 Å². The highest BCUT2D eigenvalue weighted by Crippen LogP contribution is 2.57. The van der Waals surface area contributed by atoms with E-state index in [1.807, 2.05) is 0 Å². The number of aliphatic hydroxyl groups is 8. The highest BCUT2D eigenvalue weighted by Gasteiger charge is 2.48. The standard InChI is InChI=1S/C42H44O19/c43-14-29-34(49)37(52)39(54)41(60-29)56-20-9-22(47)31-21(11-24(57-26(31)10-20)16-1-5-18(45)6-2-16)32-27(59-42-40(55)38(53)35(50)30(15-44)61-42)13-28-33(36(32)51)23(48)12-25(58-28)17-3-7-19(46)8-4-17/h1-10,13,21,24-25,29-30,34-35,37-47,49-55H,11-12,14-15H2/t21?,24?,25?,29-,30-,34-,35-,37+,38+,39-,40-,41-,42-/m1/s1. The molecule has 4 aliphatic rings. The lowest BCUT2D eigenvalue weighted by Gasteiger charge is -2.41. The molecule has 4 aliphatic heterocycles. The number of Topliss-reactive ketones (excluding diaryl/α,β-unsaturated/α-hetero) is 1. The van der Waals surface area contributed by atoms with Crippen molar-refractivity contribution in [1.29, 1.82) is 0 Å². The molecular weight excluding hydrogens is 808 g/mol. The van der Waals surface area contributed by atoms with E-state index >= 15 is 0 Å². The highest BCUT2D eigenvalue weighted by molar-refractivity contribution is 6.03. The minimum atomic E-state index is -1.92. The zero-order valence-electron chi connectivity index (χ0n) is 31.9. The van der Waals surface area contributed by atoms with E-state index in [-0.39, 0.29) is 64.0 Å². The zero-order chi connectivity index (χ0) is 43.4. The Labute approximate surface area is 346 Å². The van der Waals surface area contributed by atoms with Gasteiger partial charge in [0, 0.05) is 41.7 Å². The van der Waals surface area contributed by atoms with Crippen LogP contribution in [-0.2, 0) is 9.47 Å². The second-order valence-electron chi connectivity index (χ2n) is 15.3. The van der Waals surface area contributed by atoms with Crippen molar-refractivity contribution in [3.05, 3.63) is 94.5 Å². The molecule has 0 aliphatic carbocycles. The summed E-state index contributed by atoms with van der Waals surface area (Å²) in [5, 5.41) is 127. The largest absolute Gasteiger partial charge is 0.508 e. The molecule has 0 bridgehead atoms. The molecule has 19 heteroatoms. The van der Waals surface area contributed by atoms with Gasteiger partial charge in [-0.3, -0.25) is 4.79 Å². The number of ketones is 1. The van der Waals surface area contributed by atoms with E-state index in [1.54, 1.807) is 24.3 Å². The van der Waals surface area contributed by atoms with Gasteiger partial charge < -0.3 is 89.7 Å². The number of phenols is 4. The molecule has 4 aromatic carbocycles. The van der Waals surface area contributed by atoms with Gasteiger partial charge in [-0.25, -0.2) is 0 Å². The molecule has 4 aromatic rings. The summed E-state index contributed by atoms with van der Waals surface area (Å²) in [5.74, 6) is -3.69. The molecule has 61 heavy (non-hydrogen) atoms. The molecule has 2 saturated heterocycles. The number of hydrogen-bond acceptors (Lipinski definition) is 19. The Morgan fingerprint density at radius 3 is 1.67 bits per heavy atom. The van der Waals surface area contributed by atoms with Crippen LogP contribution in [0.4, 0.5) is 0 Å². The number of aliphatic hydroxyl groups excluding tert-OH is 8. The van der Waals surface area contributed by atoms with Crippen LogP contribution in [0.15, 0.2) is 66.7 Å². The van der Waals surface area contributed by atoms with Crippen molar-refractivity contribution in [2.75, 3.05) is 13.2 Å². The average Bonchev–Trinajstić information content (AvgIpc) is 3.24. The summed E-state index contributed by atoms with van der Waals surface area (Å²) in [6.45, 7) is -1.52. The van der Waals surface area contributed by atoms with E-state index in [0.29, 0.717) is 11.1 Å². The first-order valence-corrected chi connectivity index (χ1v) is 19.3. The number of ether oxygens (including phenoxy) is 6. The summed E-state index contributed by atoms with van der Waals surface area (Å²) in [4.78, 5) is 14.0. The number of fused-ring (bicyclic) bond motifs is 2. The number of hydrogen-bond donors (Lipinski definition) is 12. The summed E-state index contributed by atoms with van der Waals surface area (Å²) in [6.07, 6.45) is -19.1. The van der Waals surface area contributed by atoms with Crippen molar-refractivity contribution in [3.8, 4) is 46.0 Å². The van der Waals surface area contributed by atoms with Gasteiger partial charge in [-0.05, 0) is 35.4 Å². The minimum Gasteiger partial charge on any atom is -0.508 e. The first-order valence-electron chi connectivity index (χ1n) is 19.3. The van der Waals surface area contributed by atoms with Crippen molar-refractivity contribution in [1.82, 2.24) is 0 Å². The van der Waals surface area contributed by atoms with Gasteiger partial charge in [0.15, 0.2) is 5.78 Å². The van der Waals surface area contributed by atoms with Crippen LogP contribution in [-0.4, -0.2) is 142 Å². The molecular formula is C42H44O19. The van der Waals surface area contributed by atoms with E-state index in [9.17, 15) is 66.1 Å². The Balaban J connectivity index is 1.26. The molecule has 0 amide bonds. The summed E-state index contributed by atoms with van der Waals surface area (Å²) >= 11 is 0. The molecule has 0 radical (unpaired) electrons. The molecule has 12 N–H and O–H groups in total. The fraction of sp³-hybridized carbons (Fsp3) is 0.405. The van der Waals surface area contributed by atoms with Crippen LogP contribution in [0.5, 0.6) is 46.0 Å². The summed E-state index contributed by atoms with van der Waals surface area (Å²) in [6, 6.07) is 15.5. The molecule has 326 valence electrons. The summed E-state index contributed by atoms with van der Waals surface area (Å²) in [7, 11) is 0. The Morgan fingerprint density at radius 2 is 1.11 bits per heavy atom. The summed E-state index contributed by atoms with van der Waals surface area (Å²) < 4.78 is 35.8. The number of rotatable bonds is 9. The van der Waals surface area contributed by atoms with Crippen molar-refractivity contribution in [2.45, 2.75) is 92.4 Å². The van der Waals surface area contributed by atoms with Crippen LogP contribution in [0.3, 0.4) is 0 Å². The molecule has 13 atom stereocenters. The van der Waals surface area contributed by atoms with Crippen LogP contribution < -0.4 is 18.9 Å². The van der Waals surface area contributed by atoms with Gasteiger partial charge in [-0.15, -0.1) is 0 Å². The fourth-order valence-corrected chi connectivity index (χ4v) is 8.15. The van der Waals surface area contributed by atoms with Crippen LogP contribution in [0.1, 0.15) is 63.6 Å². The maximum atomic E-state index is 14.0. The molecule has 3 unspecified atom stereocenters. The predicted octanol–water partition coefficient (Wildman–Crippen LogP) is 0.229. The lowest BCUT2D eigenvalue weighted by atomic mass is 9.79. The van der Waals surface area contributed by atoms with E-state index in [2.05, 4.69) is 0 Å². The Hall–Kier alpha value is -5.45. The predicted molar refractivity (Wildman–Crippen MR) is 203 cm³/mol. The maximum absolute atomic E-state index is 14.0. The first kappa shape index (κ1) is 42.2. The fourth-order valence-electron chi connectivity index (χ4n) is 8.15. The third-order valence-electron chi connectivity index (χ3n) is 11.4. The van der Waals surface area contributed by atoms with Crippen molar-refractivity contribution < 1.29 is 94.5 Å². The average molecular weight is 853 g/mol. The second-order valence-corrected chi connectivity index (χ2v) is 15.3. The first-order chi connectivity index (χ1) is 29.2. The van der Waals surface area contributed by atoms with Crippen LogP contribution in [0.25, 0.3) is 0 Å². The van der Waals surface area contributed by atoms with Crippen LogP contribution in [0, 0.1) is 0 Å². The van der Waals surface area contributed by atoms with Crippen LogP contribution in [0.2, 0.25) is 0 Å². The van der Waals surface area contributed by atoms with E-state index in [4.69, 9.17) is 28.4 Å². The molecule has 4 heterocycles. The second kappa shape index (κ2) is 16.8. The van der Waals surface area contributed by atoms with E-state index < -0.39 is 110 Å². The normalized spacial score (nSPS) is 32.2. The lowest BCUT2D eigenvalue weighted by molar-refractivity contribution is -0.277. The Bertz CT molecular complexity index is 2230. The van der Waals surface area contributed by atoms with Crippen molar-refractivity contribution >= 4 is 5.78 Å². The SMILES string of the molecule is O=C1CC(c2ccc(O)cc2)Oc2cc(O[C@@H]3O[C@H](CO)[C@@H](O)[C@H](O)[C@H]3O)c(C3CC(c4ccc(O)cc4)Oc4cc(O[C@@H]5O[C@H](CO)[C@@H](O)[C@H](O)[C@H]5O)cc(O)c43)c(O)c21. The number of benzene rings is 4. The van der Waals surface area contributed by atoms with Gasteiger partial charge in [0.25, 0.3) is 0 Å². The third-order valence-corrected chi connectivity index (χ3v) is 11.4. The van der Waals surface area contributed by atoms with E-state index in [1.165, 1.54) is 36.4 Å². The Morgan fingerprint density at radius 1 is 0.590 bits per heavy atom. The van der Waals surface area contributed by atoms with Crippen molar-refractivity contribution in [3.63, 3.8) is 0 Å². The molecule has 0 aromatic heterocycles.